The average Bonchev–Trinajstić information content (AvgIpc) is 2.98. The molecule has 1 aliphatic heterocycles. The van der Waals surface area contributed by atoms with Crippen LogP contribution in [0.3, 0.4) is 0 Å². The van der Waals surface area contributed by atoms with Crippen LogP contribution in [0.1, 0.15) is 23.8 Å². The molecular weight excluding hydrogens is 290 g/mol. The zero-order valence-corrected chi connectivity index (χ0v) is 13.1. The van der Waals surface area contributed by atoms with Gasteiger partial charge in [-0.25, -0.2) is 9.59 Å². The standard InChI is InChI=1S/C14H21N3O3S/c1-16(2)10-5-7-17(8-6-10)14(20)15-12(13(18)19)11-4-3-9-21-11/h3-4,9-10,12H,5-8H2,1-2H3,(H,15,20)(H,18,19). The van der Waals surface area contributed by atoms with Crippen molar-refractivity contribution in [3.8, 4) is 0 Å². The second-order valence-electron chi connectivity index (χ2n) is 5.42. The highest BCUT2D eigenvalue weighted by molar-refractivity contribution is 7.10. The van der Waals surface area contributed by atoms with E-state index in [4.69, 9.17) is 0 Å². The maximum absolute atomic E-state index is 12.2. The maximum atomic E-state index is 12.2. The number of urea groups is 1. The smallest absolute Gasteiger partial charge is 0.331 e. The highest BCUT2D eigenvalue weighted by Gasteiger charge is 2.28. The number of likely N-dealkylation sites (tertiary alicyclic amines) is 1. The largest absolute Gasteiger partial charge is 0.479 e. The first-order valence-electron chi connectivity index (χ1n) is 6.97. The second-order valence-corrected chi connectivity index (χ2v) is 6.40. The van der Waals surface area contributed by atoms with Gasteiger partial charge in [0.1, 0.15) is 0 Å². The summed E-state index contributed by atoms with van der Waals surface area (Å²) >= 11 is 1.33. The van der Waals surface area contributed by atoms with Crippen LogP contribution >= 0.6 is 11.3 Å². The number of hydrogen-bond donors (Lipinski definition) is 2. The fraction of sp³-hybridized carbons (Fsp3) is 0.571. The van der Waals surface area contributed by atoms with Crippen LogP contribution in [0, 0.1) is 0 Å². The lowest BCUT2D eigenvalue weighted by molar-refractivity contribution is -0.139. The number of thiophene rings is 1. The van der Waals surface area contributed by atoms with Gasteiger partial charge in [-0.3, -0.25) is 0 Å². The third kappa shape index (κ3) is 3.95. The molecule has 1 atom stereocenters. The van der Waals surface area contributed by atoms with Crippen molar-refractivity contribution in [2.75, 3.05) is 27.2 Å². The summed E-state index contributed by atoms with van der Waals surface area (Å²) in [5.41, 5.74) is 0. The van der Waals surface area contributed by atoms with Gasteiger partial charge in [0.15, 0.2) is 6.04 Å². The molecule has 1 unspecified atom stereocenters. The molecule has 2 rings (SSSR count). The minimum Gasteiger partial charge on any atom is -0.479 e. The molecule has 0 bridgehead atoms. The van der Waals surface area contributed by atoms with Gasteiger partial charge >= 0.3 is 12.0 Å². The molecule has 1 aromatic heterocycles. The molecule has 116 valence electrons. The van der Waals surface area contributed by atoms with Gasteiger partial charge in [0.2, 0.25) is 0 Å². The Hall–Kier alpha value is -1.60. The third-order valence-electron chi connectivity index (χ3n) is 3.82. The molecule has 0 radical (unpaired) electrons. The van der Waals surface area contributed by atoms with Gasteiger partial charge < -0.3 is 20.2 Å². The summed E-state index contributed by atoms with van der Waals surface area (Å²) in [6.45, 7) is 1.32. The van der Waals surface area contributed by atoms with Gasteiger partial charge in [-0.05, 0) is 38.4 Å². The Kier molecular flexibility index (Phi) is 5.19. The van der Waals surface area contributed by atoms with Crippen LogP contribution in [-0.4, -0.2) is 60.1 Å². The van der Waals surface area contributed by atoms with Crippen molar-refractivity contribution in [1.29, 1.82) is 0 Å². The van der Waals surface area contributed by atoms with Crippen LogP contribution in [0.2, 0.25) is 0 Å². The van der Waals surface area contributed by atoms with E-state index in [1.807, 2.05) is 14.1 Å². The first-order chi connectivity index (χ1) is 9.99. The van der Waals surface area contributed by atoms with Gasteiger partial charge in [0.05, 0.1) is 0 Å². The average molecular weight is 311 g/mol. The number of carbonyl (C=O) groups excluding carboxylic acids is 1. The Balaban J connectivity index is 1.93. The molecule has 0 saturated carbocycles. The van der Waals surface area contributed by atoms with Crippen molar-refractivity contribution >= 4 is 23.3 Å². The molecule has 21 heavy (non-hydrogen) atoms. The fourth-order valence-electron chi connectivity index (χ4n) is 2.51. The van der Waals surface area contributed by atoms with E-state index in [-0.39, 0.29) is 6.03 Å². The SMILES string of the molecule is CN(C)C1CCN(C(=O)NC(C(=O)O)c2cccs2)CC1. The number of nitrogens with zero attached hydrogens (tertiary/aromatic N) is 2. The molecular formula is C14H21N3O3S. The Morgan fingerprint density at radius 1 is 1.43 bits per heavy atom. The number of carboxylic acids is 1. The normalized spacial score (nSPS) is 17.8. The van der Waals surface area contributed by atoms with Crippen molar-refractivity contribution in [3.63, 3.8) is 0 Å². The Bertz CT molecular complexity index is 482. The van der Waals surface area contributed by atoms with E-state index in [1.54, 1.807) is 22.4 Å². The van der Waals surface area contributed by atoms with Crippen LogP contribution in [0.4, 0.5) is 4.79 Å². The van der Waals surface area contributed by atoms with Gasteiger partial charge in [0.25, 0.3) is 0 Å². The summed E-state index contributed by atoms with van der Waals surface area (Å²) in [4.78, 5) is 28.1. The van der Waals surface area contributed by atoms with E-state index in [1.165, 1.54) is 11.3 Å². The Morgan fingerprint density at radius 2 is 2.10 bits per heavy atom. The van der Waals surface area contributed by atoms with E-state index in [9.17, 15) is 14.7 Å². The highest BCUT2D eigenvalue weighted by Crippen LogP contribution is 2.20. The van der Waals surface area contributed by atoms with Crippen molar-refractivity contribution in [1.82, 2.24) is 15.1 Å². The van der Waals surface area contributed by atoms with Crippen molar-refractivity contribution in [3.05, 3.63) is 22.4 Å². The molecule has 0 spiro atoms. The van der Waals surface area contributed by atoms with Crippen LogP contribution in [0.15, 0.2) is 17.5 Å². The van der Waals surface area contributed by atoms with E-state index in [0.717, 1.165) is 12.8 Å². The fourth-order valence-corrected chi connectivity index (χ4v) is 3.28. The zero-order chi connectivity index (χ0) is 15.4. The van der Waals surface area contributed by atoms with E-state index in [2.05, 4.69) is 10.2 Å². The summed E-state index contributed by atoms with van der Waals surface area (Å²) in [6.07, 6.45) is 1.83. The monoisotopic (exact) mass is 311 g/mol. The predicted molar refractivity (Wildman–Crippen MR) is 81.5 cm³/mol. The lowest BCUT2D eigenvalue weighted by atomic mass is 10.0. The molecule has 6 nitrogen and oxygen atoms in total. The number of carboxylic acid groups (broad SMARTS) is 1. The molecule has 1 fully saturated rings. The number of nitrogens with one attached hydrogen (secondary N) is 1. The summed E-state index contributed by atoms with van der Waals surface area (Å²) in [6, 6.07) is 2.73. The molecule has 7 heteroatoms. The van der Waals surface area contributed by atoms with Crippen molar-refractivity contribution in [2.45, 2.75) is 24.9 Å². The summed E-state index contributed by atoms with van der Waals surface area (Å²) in [5.74, 6) is -1.03. The van der Waals surface area contributed by atoms with Crippen LogP contribution < -0.4 is 5.32 Å². The minimum atomic E-state index is -1.03. The highest BCUT2D eigenvalue weighted by atomic mass is 32.1. The second kappa shape index (κ2) is 6.91. The topological polar surface area (TPSA) is 72.9 Å². The summed E-state index contributed by atoms with van der Waals surface area (Å²) in [5, 5.41) is 13.7. The van der Waals surface area contributed by atoms with Gasteiger partial charge in [-0.15, -0.1) is 11.3 Å². The number of hydrogen-bond acceptors (Lipinski definition) is 4. The first-order valence-corrected chi connectivity index (χ1v) is 7.85. The van der Waals surface area contributed by atoms with Crippen molar-refractivity contribution < 1.29 is 14.7 Å². The van der Waals surface area contributed by atoms with Crippen LogP contribution in [0.5, 0.6) is 0 Å². The molecule has 2 amide bonds. The Labute approximate surface area is 128 Å². The van der Waals surface area contributed by atoms with Crippen LogP contribution in [0.25, 0.3) is 0 Å². The number of amides is 2. The molecule has 2 heterocycles. The van der Waals surface area contributed by atoms with Crippen LogP contribution in [-0.2, 0) is 4.79 Å². The van der Waals surface area contributed by atoms with Crippen molar-refractivity contribution in [2.24, 2.45) is 0 Å². The number of aliphatic carboxylic acids is 1. The van der Waals surface area contributed by atoms with Gasteiger partial charge in [0, 0.05) is 24.0 Å². The van der Waals surface area contributed by atoms with E-state index in [0.29, 0.717) is 24.0 Å². The van der Waals surface area contributed by atoms with E-state index < -0.39 is 12.0 Å². The maximum Gasteiger partial charge on any atom is 0.331 e. The summed E-state index contributed by atoms with van der Waals surface area (Å²) < 4.78 is 0. The zero-order valence-electron chi connectivity index (χ0n) is 12.3. The quantitative estimate of drug-likeness (QED) is 0.886. The lowest BCUT2D eigenvalue weighted by Crippen LogP contribution is -2.49. The minimum absolute atomic E-state index is 0.298. The number of carbonyl (C=O) groups is 2. The molecule has 1 saturated heterocycles. The van der Waals surface area contributed by atoms with E-state index >= 15 is 0 Å². The number of piperidine rings is 1. The Morgan fingerprint density at radius 3 is 2.57 bits per heavy atom. The first kappa shape index (κ1) is 15.8. The van der Waals surface area contributed by atoms with Gasteiger partial charge in [-0.1, -0.05) is 6.07 Å². The lowest BCUT2D eigenvalue weighted by Gasteiger charge is -2.35. The molecule has 1 aliphatic rings. The molecule has 0 aliphatic carbocycles. The molecule has 0 aromatic carbocycles. The predicted octanol–water partition coefficient (Wildman–Crippen LogP) is 1.61. The number of rotatable bonds is 4. The third-order valence-corrected chi connectivity index (χ3v) is 4.76. The molecule has 1 aromatic rings. The summed E-state index contributed by atoms with van der Waals surface area (Å²) in [7, 11) is 4.08. The molecule has 2 N–H and O–H groups in total. The van der Waals surface area contributed by atoms with Gasteiger partial charge in [-0.2, -0.15) is 0 Å².